The topological polar surface area (TPSA) is 51.5 Å². The normalized spacial score (nSPS) is 16.7. The van der Waals surface area contributed by atoms with Gasteiger partial charge in [0.2, 0.25) is 0 Å². The summed E-state index contributed by atoms with van der Waals surface area (Å²) in [6, 6.07) is 34.0. The first-order chi connectivity index (χ1) is 19.1. The van der Waals surface area contributed by atoms with Crippen LogP contribution in [-0.4, -0.2) is 21.8 Å². The minimum Gasteiger partial charge on any atom is -0.497 e. The maximum absolute atomic E-state index is 6.15. The number of para-hydroxylation sites is 1. The van der Waals surface area contributed by atoms with Crippen LogP contribution in [0, 0.1) is 6.92 Å². The zero-order valence-electron chi connectivity index (χ0n) is 21.7. The first-order valence-electron chi connectivity index (χ1n) is 12.8. The average Bonchev–Trinajstić information content (AvgIpc) is 3.59. The maximum Gasteiger partial charge on any atom is 0.174 e. The molecule has 39 heavy (non-hydrogen) atoms. The van der Waals surface area contributed by atoms with Gasteiger partial charge in [0.1, 0.15) is 23.3 Å². The van der Waals surface area contributed by atoms with Crippen LogP contribution < -0.4 is 19.7 Å². The van der Waals surface area contributed by atoms with Crippen LogP contribution in [0.25, 0.3) is 5.69 Å². The van der Waals surface area contributed by atoms with Crippen LogP contribution in [0.4, 0.5) is 5.69 Å². The molecule has 0 spiro atoms. The molecule has 0 amide bonds. The van der Waals surface area contributed by atoms with Crippen LogP contribution in [0.15, 0.2) is 116 Å². The van der Waals surface area contributed by atoms with Crippen molar-refractivity contribution >= 4 is 23.0 Å². The highest BCUT2D eigenvalue weighted by atomic mass is 32.1. The van der Waals surface area contributed by atoms with Crippen molar-refractivity contribution in [2.24, 2.45) is 0 Å². The Kier molecular flexibility index (Phi) is 6.73. The zero-order valence-corrected chi connectivity index (χ0v) is 22.5. The van der Waals surface area contributed by atoms with Crippen LogP contribution in [0.1, 0.15) is 29.0 Å². The molecule has 1 fully saturated rings. The van der Waals surface area contributed by atoms with Gasteiger partial charge in [-0.25, -0.2) is 0 Å². The van der Waals surface area contributed by atoms with E-state index in [1.807, 2.05) is 79.9 Å². The zero-order chi connectivity index (χ0) is 26.8. The number of thiocarbonyl (C=S) groups is 1. The van der Waals surface area contributed by atoms with E-state index in [-0.39, 0.29) is 12.1 Å². The summed E-state index contributed by atoms with van der Waals surface area (Å²) in [6.07, 6.45) is 3.89. The third kappa shape index (κ3) is 4.84. The van der Waals surface area contributed by atoms with Gasteiger partial charge >= 0.3 is 0 Å². The maximum atomic E-state index is 6.15. The summed E-state index contributed by atoms with van der Waals surface area (Å²) in [6.45, 7) is 2.04. The van der Waals surface area contributed by atoms with Crippen LogP contribution in [-0.2, 0) is 0 Å². The van der Waals surface area contributed by atoms with E-state index in [1.165, 1.54) is 0 Å². The van der Waals surface area contributed by atoms with Crippen molar-refractivity contribution in [3.05, 3.63) is 132 Å². The number of hydrogen-bond donors (Lipinski definition) is 1. The van der Waals surface area contributed by atoms with E-state index >= 15 is 0 Å². The van der Waals surface area contributed by atoms with Gasteiger partial charge in [0, 0.05) is 29.5 Å². The monoisotopic (exact) mass is 532 g/mol. The van der Waals surface area contributed by atoms with E-state index in [1.54, 1.807) is 7.11 Å². The molecule has 3 heterocycles. The molecule has 0 unspecified atom stereocenters. The Labute approximate surface area is 233 Å². The number of nitrogens with one attached hydrogen (secondary N) is 1. The van der Waals surface area contributed by atoms with Gasteiger partial charge in [-0.05, 0) is 104 Å². The second-order valence-corrected chi connectivity index (χ2v) is 9.75. The molecule has 7 heteroatoms. The van der Waals surface area contributed by atoms with E-state index in [0.717, 1.165) is 45.6 Å². The van der Waals surface area contributed by atoms with Gasteiger partial charge in [0.15, 0.2) is 5.11 Å². The Balaban J connectivity index is 1.39. The highest BCUT2D eigenvalue weighted by Gasteiger charge is 2.42. The molecule has 2 aromatic heterocycles. The molecule has 6 rings (SSSR count). The first-order valence-corrected chi connectivity index (χ1v) is 13.2. The second kappa shape index (κ2) is 10.6. The summed E-state index contributed by atoms with van der Waals surface area (Å²) >= 11 is 5.93. The van der Waals surface area contributed by atoms with Gasteiger partial charge in [-0.2, -0.15) is 0 Å². The van der Waals surface area contributed by atoms with Gasteiger partial charge in [0.25, 0.3) is 0 Å². The molecule has 5 aromatic rings. The fourth-order valence-electron chi connectivity index (χ4n) is 5.02. The SMILES string of the molecule is COc1ccc(-n2cccc2[C@@H]2[C@@H](c3ccccn3)NC(=S)N2c2ccc(Oc3ccccc3C)cc2)cc1. The number of benzene rings is 3. The Morgan fingerprint density at radius 1 is 0.795 bits per heavy atom. The number of nitrogens with zero attached hydrogens (tertiary/aromatic N) is 3. The fourth-order valence-corrected chi connectivity index (χ4v) is 5.37. The van der Waals surface area contributed by atoms with Crippen molar-refractivity contribution in [1.29, 1.82) is 0 Å². The fraction of sp³-hybridized carbons (Fsp3) is 0.125. The van der Waals surface area contributed by atoms with Crippen LogP contribution in [0.3, 0.4) is 0 Å². The highest BCUT2D eigenvalue weighted by molar-refractivity contribution is 7.80. The van der Waals surface area contributed by atoms with Gasteiger partial charge in [-0.3, -0.25) is 4.98 Å². The molecule has 3 aromatic carbocycles. The molecule has 0 aliphatic carbocycles. The lowest BCUT2D eigenvalue weighted by molar-refractivity contribution is 0.414. The molecule has 1 aliphatic heterocycles. The molecule has 2 atom stereocenters. The lowest BCUT2D eigenvalue weighted by Crippen LogP contribution is -2.30. The molecular formula is C32H28N4O2S. The lowest BCUT2D eigenvalue weighted by Gasteiger charge is -2.29. The van der Waals surface area contributed by atoms with Crippen molar-refractivity contribution in [2.75, 3.05) is 12.0 Å². The van der Waals surface area contributed by atoms with E-state index in [9.17, 15) is 0 Å². The molecule has 0 bridgehead atoms. The first kappa shape index (κ1) is 24.7. The smallest absolute Gasteiger partial charge is 0.174 e. The van der Waals surface area contributed by atoms with Crippen LogP contribution in [0.2, 0.25) is 0 Å². The number of aryl methyl sites for hydroxylation is 1. The number of rotatable bonds is 7. The van der Waals surface area contributed by atoms with Crippen molar-refractivity contribution in [2.45, 2.75) is 19.0 Å². The van der Waals surface area contributed by atoms with Gasteiger partial charge in [-0.1, -0.05) is 24.3 Å². The second-order valence-electron chi connectivity index (χ2n) is 9.36. The van der Waals surface area contributed by atoms with Crippen molar-refractivity contribution < 1.29 is 9.47 Å². The average molecular weight is 533 g/mol. The summed E-state index contributed by atoms with van der Waals surface area (Å²) in [4.78, 5) is 6.85. The third-order valence-corrected chi connectivity index (χ3v) is 7.28. The summed E-state index contributed by atoms with van der Waals surface area (Å²) in [5.74, 6) is 2.43. The standard InChI is InChI=1S/C32H28N4O2S/c1-22-8-3-4-11-29(22)38-26-18-14-24(15-19-26)36-31(30(34-32(36)39)27-9-5-6-20-33-27)28-10-7-21-35(28)23-12-16-25(37-2)17-13-23/h3-21,30-31H,1-2H3,(H,34,39)/t30-,31-/m1/s1. The molecule has 1 saturated heterocycles. The summed E-state index contributed by atoms with van der Waals surface area (Å²) < 4.78 is 13.7. The minimum absolute atomic E-state index is 0.145. The molecule has 6 nitrogen and oxygen atoms in total. The Hall–Kier alpha value is -4.62. The number of anilines is 1. The molecule has 194 valence electrons. The quantitative estimate of drug-likeness (QED) is 0.225. The predicted molar refractivity (Wildman–Crippen MR) is 158 cm³/mol. The van der Waals surface area contributed by atoms with E-state index < -0.39 is 0 Å². The molecule has 1 N–H and O–H groups in total. The Morgan fingerprint density at radius 3 is 2.23 bits per heavy atom. The van der Waals surface area contributed by atoms with Gasteiger partial charge in [-0.15, -0.1) is 0 Å². The Morgan fingerprint density at radius 2 is 1.51 bits per heavy atom. The number of methoxy groups -OCH3 is 1. The summed E-state index contributed by atoms with van der Waals surface area (Å²) in [7, 11) is 1.67. The highest BCUT2D eigenvalue weighted by Crippen LogP contribution is 2.42. The van der Waals surface area contributed by atoms with E-state index in [2.05, 4.69) is 62.4 Å². The number of hydrogen-bond acceptors (Lipinski definition) is 4. The third-order valence-electron chi connectivity index (χ3n) is 6.97. The number of aromatic nitrogens is 2. The predicted octanol–water partition coefficient (Wildman–Crippen LogP) is 7.16. The van der Waals surface area contributed by atoms with E-state index in [0.29, 0.717) is 5.11 Å². The lowest BCUT2D eigenvalue weighted by atomic mass is 10.0. The molecule has 1 aliphatic rings. The van der Waals surface area contributed by atoms with Crippen molar-refractivity contribution in [1.82, 2.24) is 14.9 Å². The Bertz CT molecular complexity index is 1580. The summed E-state index contributed by atoms with van der Waals surface area (Å²) in [5, 5.41) is 4.19. The van der Waals surface area contributed by atoms with Crippen LogP contribution in [0.5, 0.6) is 17.2 Å². The number of pyridine rings is 1. The minimum atomic E-state index is -0.146. The molecule has 0 saturated carbocycles. The van der Waals surface area contributed by atoms with Crippen LogP contribution >= 0.6 is 12.2 Å². The van der Waals surface area contributed by atoms with E-state index in [4.69, 9.17) is 21.7 Å². The largest absolute Gasteiger partial charge is 0.497 e. The van der Waals surface area contributed by atoms with Crippen molar-refractivity contribution in [3.63, 3.8) is 0 Å². The molecular weight excluding hydrogens is 504 g/mol. The van der Waals surface area contributed by atoms with Crippen molar-refractivity contribution in [3.8, 4) is 22.9 Å². The van der Waals surface area contributed by atoms with Gasteiger partial charge in [0.05, 0.1) is 18.8 Å². The van der Waals surface area contributed by atoms with Gasteiger partial charge < -0.3 is 24.3 Å². The number of ether oxygens (including phenoxy) is 2. The summed E-state index contributed by atoms with van der Waals surface area (Å²) in [5.41, 5.74) is 5.10. The molecule has 0 radical (unpaired) electrons.